The van der Waals surface area contributed by atoms with Gasteiger partial charge in [0, 0.05) is 25.1 Å². The first-order chi connectivity index (χ1) is 12.0. The first-order valence-electron chi connectivity index (χ1n) is 9.51. The molecule has 1 saturated heterocycles. The fourth-order valence-electron chi connectivity index (χ4n) is 5.07. The lowest BCUT2D eigenvalue weighted by Gasteiger charge is -2.48. The summed E-state index contributed by atoms with van der Waals surface area (Å²) in [6.07, 6.45) is 7.77. The molecule has 3 aliphatic rings. The Balaban J connectivity index is 1.46. The first-order valence-corrected chi connectivity index (χ1v) is 10.4. The summed E-state index contributed by atoms with van der Waals surface area (Å²) in [5.74, 6) is 0.245. The summed E-state index contributed by atoms with van der Waals surface area (Å²) in [6.45, 7) is 1.85. The van der Waals surface area contributed by atoms with Crippen LogP contribution in [0.5, 0.6) is 0 Å². The summed E-state index contributed by atoms with van der Waals surface area (Å²) in [5.41, 5.74) is 0.0436. The van der Waals surface area contributed by atoms with Crippen LogP contribution >= 0.6 is 11.3 Å². The Morgan fingerprint density at radius 1 is 1.16 bits per heavy atom. The Kier molecular flexibility index (Phi) is 4.25. The monoisotopic (exact) mass is 362 g/mol. The van der Waals surface area contributed by atoms with E-state index in [1.807, 2.05) is 11.3 Å². The minimum Gasteiger partial charge on any atom is -0.368 e. The van der Waals surface area contributed by atoms with Crippen LogP contribution in [0, 0.1) is 5.41 Å². The van der Waals surface area contributed by atoms with Gasteiger partial charge in [-0.3, -0.25) is 9.69 Å². The minimum absolute atomic E-state index is 0.182. The van der Waals surface area contributed by atoms with Crippen molar-refractivity contribution >= 4 is 17.2 Å². The van der Waals surface area contributed by atoms with E-state index in [2.05, 4.69) is 41.4 Å². The molecule has 3 fully saturated rings. The van der Waals surface area contributed by atoms with Crippen LogP contribution in [0.4, 0.5) is 0 Å². The summed E-state index contributed by atoms with van der Waals surface area (Å²) in [7, 11) is 6.12. The molecule has 0 unspecified atom stereocenters. The smallest absolute Gasteiger partial charge is 0.254 e. The number of nitrogens with zero attached hydrogens (tertiary/aromatic N) is 2. The van der Waals surface area contributed by atoms with E-state index < -0.39 is 5.60 Å². The molecular formula is C20H30N2O2S. The Morgan fingerprint density at radius 3 is 2.40 bits per heavy atom. The van der Waals surface area contributed by atoms with Crippen LogP contribution in [-0.4, -0.2) is 55.6 Å². The number of carbonyl (C=O) groups is 1. The summed E-state index contributed by atoms with van der Waals surface area (Å²) < 4.78 is 5.52. The van der Waals surface area contributed by atoms with Crippen LogP contribution in [0.15, 0.2) is 17.5 Å². The average Bonchev–Trinajstić information content (AvgIpc) is 3.03. The fourth-order valence-corrected chi connectivity index (χ4v) is 6.14. The van der Waals surface area contributed by atoms with Gasteiger partial charge >= 0.3 is 0 Å². The highest BCUT2D eigenvalue weighted by Crippen LogP contribution is 2.53. The molecule has 5 heteroatoms. The summed E-state index contributed by atoms with van der Waals surface area (Å²) in [6, 6.07) is 4.47. The van der Waals surface area contributed by atoms with E-state index >= 15 is 0 Å². The second-order valence-corrected chi connectivity index (χ2v) is 9.53. The van der Waals surface area contributed by atoms with Gasteiger partial charge in [-0.05, 0) is 75.9 Å². The predicted molar refractivity (Wildman–Crippen MR) is 101 cm³/mol. The van der Waals surface area contributed by atoms with Crippen molar-refractivity contribution in [3.05, 3.63) is 22.4 Å². The molecule has 4 nitrogen and oxygen atoms in total. The van der Waals surface area contributed by atoms with Crippen molar-refractivity contribution in [3.63, 3.8) is 0 Å². The predicted octanol–water partition coefficient (Wildman–Crippen LogP) is 3.48. The number of rotatable bonds is 4. The molecule has 4 rings (SSSR count). The molecule has 0 atom stereocenters. The SMILES string of the molecule is COC1(C(=O)N2CCC3(CCC(c4cccs4)(N(C)C)CC3)C2)CC1. The third-order valence-corrected chi connectivity index (χ3v) is 8.25. The molecule has 1 aromatic rings. The van der Waals surface area contributed by atoms with Gasteiger partial charge in [0.1, 0.15) is 5.60 Å². The maximum Gasteiger partial charge on any atom is 0.254 e. The lowest BCUT2D eigenvalue weighted by Crippen LogP contribution is -2.47. The second-order valence-electron chi connectivity index (χ2n) is 8.58. The molecular weight excluding hydrogens is 332 g/mol. The van der Waals surface area contributed by atoms with Crippen molar-refractivity contribution in [2.45, 2.75) is 56.1 Å². The van der Waals surface area contributed by atoms with E-state index in [0.717, 1.165) is 32.4 Å². The standard InChI is InChI=1S/C20H30N2O2S/c1-21(2)19(16-5-4-14-25-16)8-6-18(7-9-19)12-13-22(15-18)17(23)20(24-3)10-11-20/h4-5,14H,6-13,15H2,1-3H3. The van der Waals surface area contributed by atoms with Crippen molar-refractivity contribution in [2.24, 2.45) is 5.41 Å². The summed E-state index contributed by atoms with van der Waals surface area (Å²) in [5, 5.41) is 2.20. The van der Waals surface area contributed by atoms with Crippen molar-refractivity contribution in [2.75, 3.05) is 34.3 Å². The maximum absolute atomic E-state index is 12.8. The average molecular weight is 363 g/mol. The molecule has 138 valence electrons. The number of hydrogen-bond donors (Lipinski definition) is 0. The zero-order valence-electron chi connectivity index (χ0n) is 15.7. The Morgan fingerprint density at radius 2 is 1.88 bits per heavy atom. The third-order valence-electron chi connectivity index (χ3n) is 7.18. The topological polar surface area (TPSA) is 32.8 Å². The van der Waals surface area contributed by atoms with Crippen LogP contribution < -0.4 is 0 Å². The van der Waals surface area contributed by atoms with Crippen molar-refractivity contribution in [3.8, 4) is 0 Å². The molecule has 2 aliphatic carbocycles. The van der Waals surface area contributed by atoms with Crippen LogP contribution in [0.25, 0.3) is 0 Å². The van der Waals surface area contributed by atoms with Crippen LogP contribution in [0.3, 0.4) is 0 Å². The quantitative estimate of drug-likeness (QED) is 0.822. The van der Waals surface area contributed by atoms with Gasteiger partial charge in [-0.1, -0.05) is 6.07 Å². The number of ether oxygens (including phenoxy) is 1. The van der Waals surface area contributed by atoms with Crippen molar-refractivity contribution in [1.29, 1.82) is 0 Å². The maximum atomic E-state index is 12.8. The van der Waals surface area contributed by atoms with E-state index in [4.69, 9.17) is 4.74 Å². The normalized spacial score (nSPS) is 34.0. The van der Waals surface area contributed by atoms with E-state index in [9.17, 15) is 4.79 Å². The van der Waals surface area contributed by atoms with Crippen LogP contribution in [-0.2, 0) is 15.1 Å². The lowest BCUT2D eigenvalue weighted by molar-refractivity contribution is -0.144. The van der Waals surface area contributed by atoms with Gasteiger partial charge in [0.25, 0.3) is 5.91 Å². The van der Waals surface area contributed by atoms with Gasteiger partial charge in [-0.2, -0.15) is 0 Å². The molecule has 2 heterocycles. The number of carbonyl (C=O) groups excluding carboxylic acids is 1. The highest BCUT2D eigenvalue weighted by molar-refractivity contribution is 7.10. The van der Waals surface area contributed by atoms with Gasteiger partial charge in [-0.15, -0.1) is 11.3 Å². The molecule has 2 saturated carbocycles. The first kappa shape index (κ1) is 17.5. The number of amides is 1. The molecule has 1 aliphatic heterocycles. The molecule has 0 radical (unpaired) electrons. The number of thiophene rings is 1. The third kappa shape index (κ3) is 2.75. The highest BCUT2D eigenvalue weighted by Gasteiger charge is 2.56. The fraction of sp³-hybridized carbons (Fsp3) is 0.750. The minimum atomic E-state index is -0.468. The van der Waals surface area contributed by atoms with Gasteiger partial charge in [0.15, 0.2) is 0 Å². The molecule has 1 aromatic heterocycles. The van der Waals surface area contributed by atoms with Crippen LogP contribution in [0.2, 0.25) is 0 Å². The largest absolute Gasteiger partial charge is 0.368 e. The summed E-state index contributed by atoms with van der Waals surface area (Å²) in [4.78, 5) is 18.8. The molecule has 1 amide bonds. The van der Waals surface area contributed by atoms with Crippen LogP contribution in [0.1, 0.15) is 49.8 Å². The molecule has 0 aromatic carbocycles. The van der Waals surface area contributed by atoms with Gasteiger partial charge in [0.05, 0.1) is 5.54 Å². The highest BCUT2D eigenvalue weighted by atomic mass is 32.1. The number of methoxy groups -OCH3 is 1. The summed E-state index contributed by atoms with van der Waals surface area (Å²) >= 11 is 1.88. The molecule has 0 bridgehead atoms. The van der Waals surface area contributed by atoms with E-state index in [1.165, 1.54) is 30.6 Å². The van der Waals surface area contributed by atoms with E-state index in [1.54, 1.807) is 7.11 Å². The van der Waals surface area contributed by atoms with Gasteiger partial charge < -0.3 is 9.64 Å². The Labute approximate surface area is 155 Å². The Bertz CT molecular complexity index is 628. The zero-order chi connectivity index (χ0) is 17.7. The molecule has 1 spiro atoms. The lowest BCUT2D eigenvalue weighted by atomic mass is 9.66. The molecule has 25 heavy (non-hydrogen) atoms. The second kappa shape index (κ2) is 6.07. The molecule has 0 N–H and O–H groups in total. The van der Waals surface area contributed by atoms with E-state index in [-0.39, 0.29) is 11.4 Å². The van der Waals surface area contributed by atoms with Gasteiger partial charge in [-0.25, -0.2) is 0 Å². The number of hydrogen-bond acceptors (Lipinski definition) is 4. The van der Waals surface area contributed by atoms with Gasteiger partial charge in [0.2, 0.25) is 0 Å². The van der Waals surface area contributed by atoms with Crippen molar-refractivity contribution < 1.29 is 9.53 Å². The van der Waals surface area contributed by atoms with E-state index in [0.29, 0.717) is 5.41 Å². The zero-order valence-corrected chi connectivity index (χ0v) is 16.5. The number of likely N-dealkylation sites (tertiary alicyclic amines) is 1. The Hall–Kier alpha value is -0.910. The van der Waals surface area contributed by atoms with Crippen molar-refractivity contribution in [1.82, 2.24) is 9.80 Å².